The molecule has 5 aromatic rings. The lowest BCUT2D eigenvalue weighted by Gasteiger charge is -2.22. The van der Waals surface area contributed by atoms with Gasteiger partial charge >= 0.3 is 12.1 Å². The van der Waals surface area contributed by atoms with Gasteiger partial charge in [0.05, 0.1) is 65.7 Å². The molecule has 5 rings (SSSR count). The Kier molecular flexibility index (Phi) is 9.62. The van der Waals surface area contributed by atoms with E-state index in [-0.39, 0.29) is 18.1 Å². The first-order chi connectivity index (χ1) is 21.6. The number of amides is 1. The van der Waals surface area contributed by atoms with Crippen molar-refractivity contribution >= 4 is 50.3 Å². The molecule has 2 aromatic carbocycles. The molecular formula is C31H31FN6O6S. The Labute approximate surface area is 262 Å². The fourth-order valence-corrected chi connectivity index (χ4v) is 5.33. The number of nitrogens with zero attached hydrogens (tertiary/aromatic N) is 5. The van der Waals surface area contributed by atoms with Crippen LogP contribution in [0.3, 0.4) is 0 Å². The number of benzene rings is 2. The van der Waals surface area contributed by atoms with Crippen LogP contribution in [-0.2, 0) is 20.7 Å². The number of carbonyl (C=O) groups excluding carboxylic acids is 2. The summed E-state index contributed by atoms with van der Waals surface area (Å²) in [6.45, 7) is 7.63. The minimum atomic E-state index is -0.756. The number of aryl methyl sites for hydroxylation is 2. The lowest BCUT2D eigenvalue weighted by Crippen LogP contribution is -2.32. The largest absolute Gasteiger partial charge is 0.484 e. The van der Waals surface area contributed by atoms with Crippen LogP contribution in [0.25, 0.3) is 31.8 Å². The minimum Gasteiger partial charge on any atom is -0.484 e. The highest BCUT2D eigenvalue weighted by Gasteiger charge is 2.22. The molecule has 0 aliphatic heterocycles. The summed E-state index contributed by atoms with van der Waals surface area (Å²) < 4.78 is 37.3. The van der Waals surface area contributed by atoms with Gasteiger partial charge in [0, 0.05) is 24.1 Å². The van der Waals surface area contributed by atoms with Crippen molar-refractivity contribution in [3.63, 3.8) is 0 Å². The number of aromatic nitrogens is 5. The number of nitrogens with one attached hydrogen (secondary N) is 1. The molecule has 1 amide bonds. The van der Waals surface area contributed by atoms with Crippen LogP contribution in [0, 0.1) is 12.7 Å². The summed E-state index contributed by atoms with van der Waals surface area (Å²) in [6, 6.07) is 6.81. The highest BCUT2D eigenvalue weighted by Crippen LogP contribution is 2.37. The maximum Gasteiger partial charge on any atom is 0.412 e. The van der Waals surface area contributed by atoms with E-state index in [9.17, 15) is 9.59 Å². The summed E-state index contributed by atoms with van der Waals surface area (Å²) in [6.07, 6.45) is 2.66. The highest BCUT2D eigenvalue weighted by molar-refractivity contribution is 7.21. The van der Waals surface area contributed by atoms with Crippen LogP contribution < -0.4 is 14.8 Å². The lowest BCUT2D eigenvalue weighted by atomic mass is 10.1. The fourth-order valence-electron chi connectivity index (χ4n) is 4.34. The molecule has 1 N–H and O–H groups in total. The fraction of sp³-hybridized carbons (Fsp3) is 0.323. The number of ether oxygens (including phenoxy) is 4. The number of methoxy groups -OCH3 is 1. The van der Waals surface area contributed by atoms with Crippen molar-refractivity contribution in [3.8, 4) is 22.2 Å². The van der Waals surface area contributed by atoms with E-state index in [2.05, 4.69) is 35.0 Å². The average Bonchev–Trinajstić information content (AvgIpc) is 3.42. The van der Waals surface area contributed by atoms with Crippen LogP contribution in [0.1, 0.15) is 38.6 Å². The molecule has 0 aliphatic carbocycles. The number of fused-ring (bicyclic) bond motifs is 2. The van der Waals surface area contributed by atoms with Gasteiger partial charge in [0.25, 0.3) is 0 Å². The van der Waals surface area contributed by atoms with E-state index in [1.54, 1.807) is 26.1 Å². The van der Waals surface area contributed by atoms with E-state index >= 15 is 4.39 Å². The molecule has 0 fully saturated rings. The summed E-state index contributed by atoms with van der Waals surface area (Å²) in [4.78, 5) is 45.8. The van der Waals surface area contributed by atoms with Crippen molar-refractivity contribution in [2.24, 2.45) is 0 Å². The predicted molar refractivity (Wildman–Crippen MR) is 166 cm³/mol. The molecule has 45 heavy (non-hydrogen) atoms. The van der Waals surface area contributed by atoms with Gasteiger partial charge in [0.15, 0.2) is 11.6 Å². The molecule has 0 saturated heterocycles. The Hall–Kier alpha value is -4.98. The molecule has 234 valence electrons. The van der Waals surface area contributed by atoms with Crippen LogP contribution in [0.5, 0.6) is 11.6 Å². The molecule has 0 saturated carbocycles. The van der Waals surface area contributed by atoms with E-state index in [4.69, 9.17) is 14.2 Å². The second-order valence-electron chi connectivity index (χ2n) is 10.1. The maximum absolute atomic E-state index is 15.1. The lowest BCUT2D eigenvalue weighted by molar-refractivity contribution is -0.140. The summed E-state index contributed by atoms with van der Waals surface area (Å²) in [5.74, 6) is -0.0838. The van der Waals surface area contributed by atoms with Crippen molar-refractivity contribution in [1.82, 2.24) is 24.9 Å². The van der Waals surface area contributed by atoms with E-state index < -0.39 is 24.1 Å². The zero-order chi connectivity index (χ0) is 32.1. The first kappa shape index (κ1) is 31.4. The minimum absolute atomic E-state index is 0.00671. The number of hydrogen-bond acceptors (Lipinski definition) is 12. The molecule has 12 nitrogen and oxygen atoms in total. The molecule has 0 aliphatic rings. The Morgan fingerprint density at radius 1 is 1.00 bits per heavy atom. The summed E-state index contributed by atoms with van der Waals surface area (Å²) in [5, 5.41) is 3.21. The van der Waals surface area contributed by atoms with Crippen molar-refractivity contribution in [3.05, 3.63) is 60.1 Å². The zero-order valence-corrected chi connectivity index (χ0v) is 26.1. The average molecular weight is 635 g/mol. The number of rotatable bonds is 11. The van der Waals surface area contributed by atoms with Gasteiger partial charge < -0.3 is 18.9 Å². The van der Waals surface area contributed by atoms with Crippen LogP contribution >= 0.6 is 11.3 Å². The monoisotopic (exact) mass is 634 g/mol. The van der Waals surface area contributed by atoms with Gasteiger partial charge in [-0.1, -0.05) is 0 Å². The normalized spacial score (nSPS) is 12.5. The van der Waals surface area contributed by atoms with Gasteiger partial charge in [0.1, 0.15) is 23.0 Å². The molecule has 0 unspecified atom stereocenters. The van der Waals surface area contributed by atoms with Crippen LogP contribution in [-0.4, -0.2) is 62.9 Å². The Morgan fingerprint density at radius 2 is 1.78 bits per heavy atom. The van der Waals surface area contributed by atoms with Crippen molar-refractivity contribution in [2.45, 2.75) is 52.7 Å². The smallest absolute Gasteiger partial charge is 0.412 e. The Morgan fingerprint density at radius 3 is 2.51 bits per heavy atom. The zero-order valence-electron chi connectivity index (χ0n) is 25.3. The topological polar surface area (TPSA) is 148 Å². The molecule has 3 aromatic heterocycles. The third kappa shape index (κ3) is 7.58. The first-order valence-electron chi connectivity index (χ1n) is 14.2. The van der Waals surface area contributed by atoms with Gasteiger partial charge in [-0.3, -0.25) is 10.1 Å². The second kappa shape index (κ2) is 13.8. The molecule has 0 bridgehead atoms. The Bertz CT molecular complexity index is 1850. The van der Waals surface area contributed by atoms with Crippen molar-refractivity contribution < 1.29 is 32.9 Å². The number of hydrogen-bond donors (Lipinski definition) is 1. The maximum atomic E-state index is 15.1. The highest BCUT2D eigenvalue weighted by atomic mass is 32.1. The SMILES string of the molecule is CCOc1cnc2c(-c3nc4cc(F)c(O[C@@H](C)[C@@H](C)OC(=O)Nc5cnc(CCC(=O)OC)nc5)cc4s3)cc(C)cc2n1. The summed E-state index contributed by atoms with van der Waals surface area (Å²) in [5.41, 5.74) is 3.89. The number of esters is 1. The van der Waals surface area contributed by atoms with E-state index in [0.29, 0.717) is 56.7 Å². The van der Waals surface area contributed by atoms with Gasteiger partial charge in [-0.25, -0.2) is 34.1 Å². The number of thiazole rings is 1. The van der Waals surface area contributed by atoms with E-state index in [0.717, 1.165) is 11.1 Å². The third-order valence-electron chi connectivity index (χ3n) is 6.73. The van der Waals surface area contributed by atoms with Crippen LogP contribution in [0.2, 0.25) is 0 Å². The summed E-state index contributed by atoms with van der Waals surface area (Å²) in [7, 11) is 1.31. The molecule has 3 heterocycles. The van der Waals surface area contributed by atoms with Crippen LogP contribution in [0.15, 0.2) is 42.9 Å². The molecule has 0 spiro atoms. The van der Waals surface area contributed by atoms with Crippen molar-refractivity contribution in [2.75, 3.05) is 19.0 Å². The van der Waals surface area contributed by atoms with Gasteiger partial charge in [-0.15, -0.1) is 11.3 Å². The van der Waals surface area contributed by atoms with E-state index in [1.165, 1.54) is 36.9 Å². The number of carbonyl (C=O) groups is 2. The van der Waals surface area contributed by atoms with Crippen molar-refractivity contribution in [1.29, 1.82) is 0 Å². The molecule has 0 radical (unpaired) electrons. The Balaban J connectivity index is 1.25. The van der Waals surface area contributed by atoms with Gasteiger partial charge in [0.2, 0.25) is 5.88 Å². The quantitative estimate of drug-likeness (QED) is 0.169. The molecular weight excluding hydrogens is 603 g/mol. The van der Waals surface area contributed by atoms with Crippen LogP contribution in [0.4, 0.5) is 14.9 Å². The number of halogens is 1. The standard InChI is InChI=1S/C31H31FN6O6S/c1-6-42-27-15-35-29-20(9-16(2)10-23(29)37-27)30-38-22-11-21(32)24(12-25(22)45-30)43-17(3)18(4)44-31(40)36-19-13-33-26(34-14-19)7-8-28(39)41-5/h9-15,17-18H,6-8H2,1-5H3,(H,36,40)/t17-,18+/m0/s1. The summed E-state index contributed by atoms with van der Waals surface area (Å²) >= 11 is 1.38. The molecule has 2 atom stereocenters. The first-order valence-corrected chi connectivity index (χ1v) is 15.0. The van der Waals surface area contributed by atoms with E-state index in [1.807, 2.05) is 26.0 Å². The number of anilines is 1. The van der Waals surface area contributed by atoms with Gasteiger partial charge in [-0.05, 0) is 45.4 Å². The van der Waals surface area contributed by atoms with Gasteiger partial charge in [-0.2, -0.15) is 0 Å². The third-order valence-corrected chi connectivity index (χ3v) is 7.78. The molecule has 14 heteroatoms. The predicted octanol–water partition coefficient (Wildman–Crippen LogP) is 6.05. The second-order valence-corrected chi connectivity index (χ2v) is 11.1.